The number of nitrogens with one attached hydrogen (secondary N) is 3. The third-order valence-corrected chi connectivity index (χ3v) is 6.31. The third-order valence-electron chi connectivity index (χ3n) is 6.31. The molecule has 0 saturated heterocycles. The highest BCUT2D eigenvalue weighted by molar-refractivity contribution is 6.01. The van der Waals surface area contributed by atoms with Crippen molar-refractivity contribution in [2.45, 2.75) is 38.3 Å². The Hall–Kier alpha value is -5.12. The van der Waals surface area contributed by atoms with E-state index < -0.39 is 29.9 Å². The van der Waals surface area contributed by atoms with Crippen molar-refractivity contribution in [3.8, 4) is 0 Å². The van der Waals surface area contributed by atoms with Gasteiger partial charge < -0.3 is 30.2 Å². The molecule has 0 aliphatic rings. The Morgan fingerprint density at radius 1 is 0.902 bits per heavy atom. The summed E-state index contributed by atoms with van der Waals surface area (Å²) in [6.07, 6.45) is 0.115. The molecule has 4 aromatic rings. The number of ether oxygens (including phenoxy) is 1. The number of aryl methyl sites for hydroxylation is 1. The van der Waals surface area contributed by atoms with E-state index in [-0.39, 0.29) is 38.2 Å². The molecule has 1 aromatic heterocycles. The van der Waals surface area contributed by atoms with Gasteiger partial charge >= 0.3 is 12.1 Å². The molecule has 0 aliphatic heterocycles. The number of alkyl carbamates (subject to hydrolysis) is 1. The third kappa shape index (κ3) is 8.69. The summed E-state index contributed by atoms with van der Waals surface area (Å²) in [6, 6.07) is 24.0. The lowest BCUT2D eigenvalue weighted by atomic mass is 10.1. The van der Waals surface area contributed by atoms with Crippen LogP contribution in [0.5, 0.6) is 0 Å². The molecule has 10 heteroatoms. The van der Waals surface area contributed by atoms with E-state index in [0.717, 1.165) is 10.9 Å². The molecule has 0 fully saturated rings. The fourth-order valence-corrected chi connectivity index (χ4v) is 4.18. The predicted molar refractivity (Wildman–Crippen MR) is 152 cm³/mol. The SMILES string of the molecule is O=C(O)CCc1ccccc1NC(=O)[C@H](CCCNC(=O)OCc1ccccc1)NC(=O)c1cc2ccccc2o1. The van der Waals surface area contributed by atoms with E-state index in [9.17, 15) is 19.2 Å². The van der Waals surface area contributed by atoms with Crippen LogP contribution in [0.3, 0.4) is 0 Å². The summed E-state index contributed by atoms with van der Waals surface area (Å²) in [6.45, 7) is 0.347. The molecule has 0 saturated carbocycles. The number of anilines is 1. The Morgan fingerprint density at radius 2 is 1.63 bits per heavy atom. The monoisotopic (exact) mass is 557 g/mol. The summed E-state index contributed by atoms with van der Waals surface area (Å²) in [5, 5.41) is 18.0. The number of carboxylic acids is 1. The van der Waals surface area contributed by atoms with Crippen molar-refractivity contribution in [1.29, 1.82) is 0 Å². The molecule has 0 bridgehead atoms. The van der Waals surface area contributed by atoms with E-state index >= 15 is 0 Å². The molecule has 4 N–H and O–H groups in total. The molecule has 3 amide bonds. The number of fused-ring (bicyclic) bond motifs is 1. The summed E-state index contributed by atoms with van der Waals surface area (Å²) in [5.41, 5.74) is 2.53. The van der Waals surface area contributed by atoms with E-state index in [4.69, 9.17) is 14.3 Å². The first-order valence-electron chi connectivity index (χ1n) is 13.2. The number of furan rings is 1. The summed E-state index contributed by atoms with van der Waals surface area (Å²) >= 11 is 0. The van der Waals surface area contributed by atoms with Gasteiger partial charge in [-0.3, -0.25) is 14.4 Å². The van der Waals surface area contributed by atoms with Gasteiger partial charge in [0.25, 0.3) is 5.91 Å². The average Bonchev–Trinajstić information content (AvgIpc) is 3.42. The Labute approximate surface area is 236 Å². The summed E-state index contributed by atoms with van der Waals surface area (Å²) < 4.78 is 10.9. The largest absolute Gasteiger partial charge is 0.481 e. The van der Waals surface area contributed by atoms with Crippen LogP contribution in [0.15, 0.2) is 89.3 Å². The quantitative estimate of drug-likeness (QED) is 0.171. The molecule has 0 spiro atoms. The smallest absolute Gasteiger partial charge is 0.407 e. The number of hydrogen-bond acceptors (Lipinski definition) is 6. The average molecular weight is 558 g/mol. The van der Waals surface area contributed by atoms with Crippen molar-refractivity contribution in [3.63, 3.8) is 0 Å². The number of aliphatic carboxylic acids is 1. The van der Waals surface area contributed by atoms with Crippen LogP contribution in [0.4, 0.5) is 10.5 Å². The molecule has 10 nitrogen and oxygen atoms in total. The van der Waals surface area contributed by atoms with Gasteiger partial charge in [-0.2, -0.15) is 0 Å². The molecular weight excluding hydrogens is 526 g/mol. The van der Waals surface area contributed by atoms with Crippen LogP contribution in [0.2, 0.25) is 0 Å². The Bertz CT molecular complexity index is 1470. The zero-order valence-electron chi connectivity index (χ0n) is 22.3. The van der Waals surface area contributed by atoms with E-state index in [1.54, 1.807) is 42.5 Å². The minimum absolute atomic E-state index is 0.0634. The number of benzene rings is 3. The second-order valence-corrected chi connectivity index (χ2v) is 9.35. The van der Waals surface area contributed by atoms with Gasteiger partial charge in [-0.05, 0) is 48.6 Å². The van der Waals surface area contributed by atoms with Crippen LogP contribution < -0.4 is 16.0 Å². The van der Waals surface area contributed by atoms with Crippen molar-refractivity contribution in [3.05, 3.63) is 102 Å². The number of carbonyl (C=O) groups excluding carboxylic acids is 3. The van der Waals surface area contributed by atoms with Gasteiger partial charge in [-0.25, -0.2) is 4.79 Å². The molecular formula is C31H31N3O7. The number of carboxylic acid groups (broad SMARTS) is 1. The Balaban J connectivity index is 1.39. The first-order valence-corrected chi connectivity index (χ1v) is 13.2. The van der Waals surface area contributed by atoms with Gasteiger partial charge in [0.05, 0.1) is 0 Å². The second kappa shape index (κ2) is 14.3. The molecule has 1 atom stereocenters. The standard InChI is InChI=1S/C31H31N3O7/c35-28(36)17-16-22-11-4-6-13-24(22)33-29(37)25(34-30(38)27-19-23-12-5-7-15-26(23)41-27)14-8-18-32-31(39)40-20-21-9-2-1-3-10-21/h1-7,9-13,15,19,25H,8,14,16-18,20H2,(H,32,39)(H,33,37)(H,34,38)(H,35,36)/t25-/m0/s1. The van der Waals surface area contributed by atoms with Crippen LogP contribution in [0, 0.1) is 0 Å². The number of para-hydroxylation sites is 2. The highest BCUT2D eigenvalue weighted by Crippen LogP contribution is 2.20. The predicted octanol–water partition coefficient (Wildman–Crippen LogP) is 4.89. The summed E-state index contributed by atoms with van der Waals surface area (Å²) in [5.74, 6) is -1.93. The fourth-order valence-electron chi connectivity index (χ4n) is 4.18. The Morgan fingerprint density at radius 3 is 2.41 bits per heavy atom. The molecule has 1 heterocycles. The molecule has 4 rings (SSSR count). The zero-order chi connectivity index (χ0) is 29.0. The number of carbonyl (C=O) groups is 4. The van der Waals surface area contributed by atoms with Gasteiger partial charge in [0.15, 0.2) is 5.76 Å². The van der Waals surface area contributed by atoms with Crippen LogP contribution in [0.1, 0.15) is 40.9 Å². The number of rotatable bonds is 13. The van der Waals surface area contributed by atoms with Crippen molar-refractivity contribution in [2.75, 3.05) is 11.9 Å². The van der Waals surface area contributed by atoms with Crippen LogP contribution in [0.25, 0.3) is 11.0 Å². The second-order valence-electron chi connectivity index (χ2n) is 9.35. The van der Waals surface area contributed by atoms with Gasteiger partial charge in [-0.1, -0.05) is 66.7 Å². The lowest BCUT2D eigenvalue weighted by molar-refractivity contribution is -0.137. The van der Waals surface area contributed by atoms with E-state index in [1.165, 1.54) is 0 Å². The minimum atomic E-state index is -0.967. The van der Waals surface area contributed by atoms with Crippen molar-refractivity contribution in [1.82, 2.24) is 10.6 Å². The highest BCUT2D eigenvalue weighted by atomic mass is 16.5. The van der Waals surface area contributed by atoms with Gasteiger partial charge in [0.1, 0.15) is 18.2 Å². The van der Waals surface area contributed by atoms with E-state index in [2.05, 4.69) is 16.0 Å². The van der Waals surface area contributed by atoms with Gasteiger partial charge in [0.2, 0.25) is 5.91 Å². The lowest BCUT2D eigenvalue weighted by Gasteiger charge is -2.19. The lowest BCUT2D eigenvalue weighted by Crippen LogP contribution is -2.44. The topological polar surface area (TPSA) is 147 Å². The molecule has 0 unspecified atom stereocenters. The highest BCUT2D eigenvalue weighted by Gasteiger charge is 2.24. The maximum absolute atomic E-state index is 13.3. The number of hydrogen-bond donors (Lipinski definition) is 4. The molecule has 0 aliphatic carbocycles. The molecule has 0 radical (unpaired) electrons. The minimum Gasteiger partial charge on any atom is -0.481 e. The Kier molecular flexibility index (Phi) is 10.1. The molecule has 212 valence electrons. The van der Waals surface area contributed by atoms with Crippen molar-refractivity contribution < 1.29 is 33.4 Å². The first kappa shape index (κ1) is 28.9. The molecule has 3 aromatic carbocycles. The van der Waals surface area contributed by atoms with E-state index in [1.807, 2.05) is 42.5 Å². The fraction of sp³-hybridized carbons (Fsp3) is 0.226. The van der Waals surface area contributed by atoms with E-state index in [0.29, 0.717) is 23.3 Å². The van der Waals surface area contributed by atoms with Crippen molar-refractivity contribution >= 4 is 40.5 Å². The van der Waals surface area contributed by atoms with Crippen LogP contribution in [-0.2, 0) is 27.4 Å². The normalized spacial score (nSPS) is 11.4. The first-order chi connectivity index (χ1) is 19.9. The van der Waals surface area contributed by atoms with Gasteiger partial charge in [0, 0.05) is 24.0 Å². The summed E-state index contributed by atoms with van der Waals surface area (Å²) in [4.78, 5) is 49.5. The van der Waals surface area contributed by atoms with Crippen LogP contribution >= 0.6 is 0 Å². The van der Waals surface area contributed by atoms with Gasteiger partial charge in [-0.15, -0.1) is 0 Å². The molecule has 41 heavy (non-hydrogen) atoms. The number of amides is 3. The summed E-state index contributed by atoms with van der Waals surface area (Å²) in [7, 11) is 0. The van der Waals surface area contributed by atoms with Crippen molar-refractivity contribution in [2.24, 2.45) is 0 Å². The maximum Gasteiger partial charge on any atom is 0.407 e. The zero-order valence-corrected chi connectivity index (χ0v) is 22.3. The van der Waals surface area contributed by atoms with Crippen LogP contribution in [-0.4, -0.2) is 41.6 Å². The maximum atomic E-state index is 13.3.